The molecule has 0 aliphatic carbocycles. The summed E-state index contributed by atoms with van der Waals surface area (Å²) in [6.07, 6.45) is 5.42. The van der Waals surface area contributed by atoms with Crippen LogP contribution in [-0.2, 0) is 12.8 Å². The van der Waals surface area contributed by atoms with Gasteiger partial charge in [0.05, 0.1) is 6.33 Å². The first-order valence-electron chi connectivity index (χ1n) is 9.84. The summed E-state index contributed by atoms with van der Waals surface area (Å²) in [7, 11) is 0. The minimum Gasteiger partial charge on any atom is -0.312 e. The number of hydrogen-bond donors (Lipinski definition) is 1. The topological polar surface area (TPSA) is 63.6 Å². The highest BCUT2D eigenvalue weighted by Gasteiger charge is 2.14. The fourth-order valence-corrected chi connectivity index (χ4v) is 3.82. The van der Waals surface area contributed by atoms with Crippen molar-refractivity contribution < 1.29 is 0 Å². The molecular formula is C23H23BrN4O. The highest BCUT2D eigenvalue weighted by Crippen LogP contribution is 2.20. The van der Waals surface area contributed by atoms with Gasteiger partial charge in [-0.15, -0.1) is 0 Å². The number of halogens is 1. The molecule has 1 N–H and O–H groups in total. The van der Waals surface area contributed by atoms with Gasteiger partial charge in [-0.2, -0.15) is 0 Å². The summed E-state index contributed by atoms with van der Waals surface area (Å²) in [6, 6.07) is 18.8. The molecule has 2 aromatic heterocycles. The van der Waals surface area contributed by atoms with Crippen LogP contribution in [0.15, 0.2) is 70.2 Å². The van der Waals surface area contributed by atoms with Crippen LogP contribution in [0.5, 0.6) is 0 Å². The molecule has 148 valence electrons. The van der Waals surface area contributed by atoms with Crippen molar-refractivity contribution in [1.29, 1.82) is 0 Å². The lowest BCUT2D eigenvalue weighted by atomic mass is 10.1. The third-order valence-corrected chi connectivity index (χ3v) is 5.70. The number of aryl methyl sites for hydroxylation is 1. The second-order valence-electron chi connectivity index (χ2n) is 7.37. The van der Waals surface area contributed by atoms with Crippen LogP contribution in [-0.4, -0.2) is 19.5 Å². The van der Waals surface area contributed by atoms with Crippen molar-refractivity contribution in [3.05, 3.63) is 92.7 Å². The first-order valence-corrected chi connectivity index (χ1v) is 10.6. The number of hydrogen-bond acceptors (Lipinski definition) is 3. The van der Waals surface area contributed by atoms with Gasteiger partial charge in [0, 0.05) is 16.9 Å². The zero-order chi connectivity index (χ0) is 20.2. The molecule has 29 heavy (non-hydrogen) atoms. The number of aromatic amines is 1. The Balaban J connectivity index is 1.52. The Labute approximate surface area is 178 Å². The molecule has 2 aromatic carbocycles. The van der Waals surface area contributed by atoms with E-state index in [2.05, 4.69) is 57.1 Å². The van der Waals surface area contributed by atoms with Crippen LogP contribution in [0.3, 0.4) is 0 Å². The molecular weight excluding hydrogens is 428 g/mol. The minimum absolute atomic E-state index is 0.183. The fraction of sp³-hybridized carbons (Fsp3) is 0.261. The normalized spacial score (nSPS) is 12.3. The fourth-order valence-electron chi connectivity index (χ4n) is 3.56. The molecule has 5 nitrogen and oxygen atoms in total. The summed E-state index contributed by atoms with van der Waals surface area (Å²) in [5.41, 5.74) is 3.32. The number of aromatic nitrogens is 4. The zero-order valence-corrected chi connectivity index (χ0v) is 17.9. The predicted octanol–water partition coefficient (Wildman–Crippen LogP) is 5.06. The first kappa shape index (κ1) is 19.6. The van der Waals surface area contributed by atoms with Crippen LogP contribution in [0.25, 0.3) is 11.2 Å². The second kappa shape index (κ2) is 8.74. The maximum absolute atomic E-state index is 12.5. The summed E-state index contributed by atoms with van der Waals surface area (Å²) >= 11 is 3.45. The standard InChI is InChI=1S/C23H23BrN4O/c1-16(6-5-9-17-7-3-2-4-8-17)28-15-25-21-22(28)26-20(27-23(21)29)14-18-10-12-19(24)13-11-18/h2-4,7-8,10-13,15-16H,5-6,9,14H2,1H3,(H,26,27,29). The van der Waals surface area contributed by atoms with Gasteiger partial charge in [-0.25, -0.2) is 9.97 Å². The summed E-state index contributed by atoms with van der Waals surface area (Å²) in [5.74, 6) is 0.656. The molecule has 0 spiro atoms. The van der Waals surface area contributed by atoms with Gasteiger partial charge in [-0.3, -0.25) is 4.79 Å². The van der Waals surface area contributed by atoms with Crippen molar-refractivity contribution in [2.45, 2.75) is 38.6 Å². The Morgan fingerprint density at radius 1 is 1.07 bits per heavy atom. The highest BCUT2D eigenvalue weighted by atomic mass is 79.9. The maximum Gasteiger partial charge on any atom is 0.279 e. The first-order chi connectivity index (χ1) is 14.1. The molecule has 0 amide bonds. The number of imidazole rings is 1. The summed E-state index contributed by atoms with van der Waals surface area (Å²) in [5, 5.41) is 0. The van der Waals surface area contributed by atoms with E-state index >= 15 is 0 Å². The molecule has 0 radical (unpaired) electrons. The lowest BCUT2D eigenvalue weighted by Crippen LogP contribution is -2.14. The van der Waals surface area contributed by atoms with E-state index in [4.69, 9.17) is 4.98 Å². The van der Waals surface area contributed by atoms with Crippen molar-refractivity contribution in [3.63, 3.8) is 0 Å². The van der Waals surface area contributed by atoms with Crippen LogP contribution in [0.4, 0.5) is 0 Å². The van der Waals surface area contributed by atoms with Crippen LogP contribution in [0, 0.1) is 0 Å². The molecule has 1 unspecified atom stereocenters. The van der Waals surface area contributed by atoms with E-state index in [-0.39, 0.29) is 11.6 Å². The quantitative estimate of drug-likeness (QED) is 0.428. The van der Waals surface area contributed by atoms with Crippen LogP contribution < -0.4 is 5.56 Å². The smallest absolute Gasteiger partial charge is 0.279 e. The van der Waals surface area contributed by atoms with E-state index in [9.17, 15) is 4.79 Å². The SMILES string of the molecule is CC(CCCc1ccccc1)n1cnc2c(=O)[nH]c(Cc3ccc(Br)cc3)nc21. The van der Waals surface area contributed by atoms with Gasteiger partial charge in [0.15, 0.2) is 11.2 Å². The van der Waals surface area contributed by atoms with E-state index in [0.29, 0.717) is 23.4 Å². The zero-order valence-electron chi connectivity index (χ0n) is 16.3. The van der Waals surface area contributed by atoms with E-state index in [0.717, 1.165) is 29.3 Å². The Morgan fingerprint density at radius 2 is 1.83 bits per heavy atom. The van der Waals surface area contributed by atoms with Crippen molar-refractivity contribution >= 4 is 27.1 Å². The van der Waals surface area contributed by atoms with Gasteiger partial charge in [0.25, 0.3) is 5.56 Å². The molecule has 4 rings (SSSR count). The van der Waals surface area contributed by atoms with Gasteiger partial charge in [-0.1, -0.05) is 58.4 Å². The number of benzene rings is 2. The lowest BCUT2D eigenvalue weighted by molar-refractivity contribution is 0.496. The average Bonchev–Trinajstić information content (AvgIpc) is 3.15. The molecule has 1 atom stereocenters. The van der Waals surface area contributed by atoms with Crippen LogP contribution >= 0.6 is 15.9 Å². The monoisotopic (exact) mass is 450 g/mol. The molecule has 6 heteroatoms. The predicted molar refractivity (Wildman–Crippen MR) is 119 cm³/mol. The number of rotatable bonds is 7. The maximum atomic E-state index is 12.5. The second-order valence-corrected chi connectivity index (χ2v) is 8.28. The number of nitrogens with one attached hydrogen (secondary N) is 1. The molecule has 0 bridgehead atoms. The summed E-state index contributed by atoms with van der Waals surface area (Å²) < 4.78 is 3.06. The van der Waals surface area contributed by atoms with Crippen molar-refractivity contribution in [2.75, 3.05) is 0 Å². The van der Waals surface area contributed by atoms with Crippen LogP contribution in [0.2, 0.25) is 0 Å². The third-order valence-electron chi connectivity index (χ3n) is 5.17. The Bertz CT molecular complexity index is 1150. The van der Waals surface area contributed by atoms with E-state index in [1.54, 1.807) is 6.33 Å². The molecule has 0 fully saturated rings. The van der Waals surface area contributed by atoms with Crippen LogP contribution in [0.1, 0.15) is 42.8 Å². The lowest BCUT2D eigenvalue weighted by Gasteiger charge is -2.14. The number of fused-ring (bicyclic) bond motifs is 1. The van der Waals surface area contributed by atoms with E-state index in [1.807, 2.05) is 34.9 Å². The van der Waals surface area contributed by atoms with Crippen molar-refractivity contribution in [3.8, 4) is 0 Å². The molecule has 0 aliphatic rings. The minimum atomic E-state index is -0.183. The summed E-state index contributed by atoms with van der Waals surface area (Å²) in [4.78, 5) is 24.4. The van der Waals surface area contributed by atoms with Gasteiger partial charge in [0.1, 0.15) is 5.82 Å². The van der Waals surface area contributed by atoms with Gasteiger partial charge >= 0.3 is 0 Å². The van der Waals surface area contributed by atoms with Gasteiger partial charge < -0.3 is 9.55 Å². The molecule has 4 aromatic rings. The summed E-state index contributed by atoms with van der Waals surface area (Å²) in [6.45, 7) is 2.16. The average molecular weight is 451 g/mol. The Kier molecular flexibility index (Phi) is 5.90. The van der Waals surface area contributed by atoms with Gasteiger partial charge in [-0.05, 0) is 49.4 Å². The Morgan fingerprint density at radius 3 is 2.59 bits per heavy atom. The molecule has 2 heterocycles. The molecule has 0 saturated carbocycles. The number of nitrogens with zero attached hydrogens (tertiary/aromatic N) is 3. The highest BCUT2D eigenvalue weighted by molar-refractivity contribution is 9.10. The third kappa shape index (κ3) is 4.65. The molecule has 0 saturated heterocycles. The van der Waals surface area contributed by atoms with E-state index in [1.165, 1.54) is 5.56 Å². The van der Waals surface area contributed by atoms with Crippen molar-refractivity contribution in [1.82, 2.24) is 19.5 Å². The van der Waals surface area contributed by atoms with E-state index < -0.39 is 0 Å². The molecule has 0 aliphatic heterocycles. The Hall–Kier alpha value is -2.73. The van der Waals surface area contributed by atoms with Gasteiger partial charge in [0.2, 0.25) is 0 Å². The largest absolute Gasteiger partial charge is 0.312 e. The number of H-pyrrole nitrogens is 1. The van der Waals surface area contributed by atoms with Crippen molar-refractivity contribution in [2.24, 2.45) is 0 Å².